The first-order valence-corrected chi connectivity index (χ1v) is 6.36. The van der Waals surface area contributed by atoms with E-state index in [1.54, 1.807) is 43.3 Å². The molecular weight excluding hydrogens is 254 g/mol. The summed E-state index contributed by atoms with van der Waals surface area (Å²) in [5, 5.41) is 21.8. The fraction of sp³-hybridized carbons (Fsp3) is 0.188. The standard InChI is InChI=1S/C16H17NO3/c1-10-3-8-15(19)14(9-10)16(20)17-13-6-4-12(5-7-13)11(2)18/h3-9,11,18-19H,1-2H3,(H,17,20). The third kappa shape index (κ3) is 3.16. The fourth-order valence-electron chi connectivity index (χ4n) is 1.88. The molecule has 0 aromatic heterocycles. The Balaban J connectivity index is 2.17. The topological polar surface area (TPSA) is 69.6 Å². The van der Waals surface area contributed by atoms with Crippen LogP contribution in [0.2, 0.25) is 0 Å². The van der Waals surface area contributed by atoms with E-state index >= 15 is 0 Å². The smallest absolute Gasteiger partial charge is 0.259 e. The molecule has 20 heavy (non-hydrogen) atoms. The Morgan fingerprint density at radius 3 is 2.40 bits per heavy atom. The van der Waals surface area contributed by atoms with E-state index in [1.165, 1.54) is 6.07 Å². The van der Waals surface area contributed by atoms with Gasteiger partial charge in [-0.15, -0.1) is 0 Å². The van der Waals surface area contributed by atoms with E-state index in [2.05, 4.69) is 5.32 Å². The van der Waals surface area contributed by atoms with Crippen molar-refractivity contribution in [2.24, 2.45) is 0 Å². The molecule has 0 aliphatic rings. The summed E-state index contributed by atoms with van der Waals surface area (Å²) in [6.45, 7) is 3.53. The Morgan fingerprint density at radius 2 is 1.80 bits per heavy atom. The van der Waals surface area contributed by atoms with Crippen LogP contribution in [0.5, 0.6) is 5.75 Å². The molecule has 1 amide bonds. The van der Waals surface area contributed by atoms with E-state index in [4.69, 9.17) is 0 Å². The maximum Gasteiger partial charge on any atom is 0.259 e. The molecule has 1 unspecified atom stereocenters. The van der Waals surface area contributed by atoms with E-state index in [0.717, 1.165) is 11.1 Å². The first-order valence-electron chi connectivity index (χ1n) is 6.36. The van der Waals surface area contributed by atoms with Gasteiger partial charge >= 0.3 is 0 Å². The van der Waals surface area contributed by atoms with Crippen LogP contribution in [0, 0.1) is 6.92 Å². The molecule has 0 saturated heterocycles. The van der Waals surface area contributed by atoms with Gasteiger partial charge in [0.05, 0.1) is 11.7 Å². The average Bonchev–Trinajstić information content (AvgIpc) is 2.42. The van der Waals surface area contributed by atoms with E-state index in [1.807, 2.05) is 6.92 Å². The molecule has 0 saturated carbocycles. The van der Waals surface area contributed by atoms with E-state index in [-0.39, 0.29) is 17.2 Å². The molecule has 104 valence electrons. The summed E-state index contributed by atoms with van der Waals surface area (Å²) >= 11 is 0. The van der Waals surface area contributed by atoms with Crippen molar-refractivity contribution < 1.29 is 15.0 Å². The Bertz CT molecular complexity index is 618. The van der Waals surface area contributed by atoms with Crippen molar-refractivity contribution >= 4 is 11.6 Å². The Morgan fingerprint density at radius 1 is 1.15 bits per heavy atom. The van der Waals surface area contributed by atoms with Gasteiger partial charge in [-0.05, 0) is 43.7 Å². The van der Waals surface area contributed by atoms with Gasteiger partial charge in [0.15, 0.2) is 0 Å². The lowest BCUT2D eigenvalue weighted by molar-refractivity contribution is 0.102. The van der Waals surface area contributed by atoms with Gasteiger partial charge in [0.25, 0.3) is 5.91 Å². The van der Waals surface area contributed by atoms with E-state index in [9.17, 15) is 15.0 Å². The summed E-state index contributed by atoms with van der Waals surface area (Å²) in [5.41, 5.74) is 2.53. The molecule has 0 radical (unpaired) electrons. The number of phenols is 1. The number of hydrogen-bond acceptors (Lipinski definition) is 3. The zero-order valence-corrected chi connectivity index (χ0v) is 11.4. The number of carbonyl (C=O) groups is 1. The van der Waals surface area contributed by atoms with Crippen LogP contribution in [0.4, 0.5) is 5.69 Å². The third-order valence-electron chi connectivity index (χ3n) is 3.05. The largest absolute Gasteiger partial charge is 0.507 e. The second-order valence-corrected chi connectivity index (χ2v) is 4.77. The zero-order chi connectivity index (χ0) is 14.7. The number of rotatable bonds is 3. The van der Waals surface area contributed by atoms with Crippen molar-refractivity contribution in [1.29, 1.82) is 0 Å². The number of phenolic OH excluding ortho intramolecular Hbond substituents is 1. The maximum atomic E-state index is 12.1. The Labute approximate surface area is 117 Å². The van der Waals surface area contributed by atoms with Crippen LogP contribution >= 0.6 is 0 Å². The Kier molecular flexibility index (Phi) is 4.05. The molecule has 0 bridgehead atoms. The summed E-state index contributed by atoms with van der Waals surface area (Å²) in [5.74, 6) is -0.412. The monoisotopic (exact) mass is 271 g/mol. The molecular formula is C16H17NO3. The fourth-order valence-corrected chi connectivity index (χ4v) is 1.88. The van der Waals surface area contributed by atoms with Gasteiger partial charge in [0.2, 0.25) is 0 Å². The molecule has 2 aromatic carbocycles. The number of carbonyl (C=O) groups excluding carboxylic acids is 1. The summed E-state index contributed by atoms with van der Waals surface area (Å²) < 4.78 is 0. The van der Waals surface area contributed by atoms with Crippen molar-refractivity contribution in [3.05, 3.63) is 59.2 Å². The lowest BCUT2D eigenvalue weighted by Gasteiger charge is -2.09. The highest BCUT2D eigenvalue weighted by atomic mass is 16.3. The molecule has 2 aromatic rings. The SMILES string of the molecule is Cc1ccc(O)c(C(=O)Nc2ccc(C(C)O)cc2)c1. The molecule has 1 atom stereocenters. The van der Waals surface area contributed by atoms with Crippen LogP contribution in [-0.2, 0) is 0 Å². The van der Waals surface area contributed by atoms with Crippen LogP contribution in [0.25, 0.3) is 0 Å². The molecule has 4 heteroatoms. The van der Waals surface area contributed by atoms with Gasteiger partial charge in [0.1, 0.15) is 5.75 Å². The first kappa shape index (κ1) is 14.1. The van der Waals surface area contributed by atoms with Gasteiger partial charge in [0, 0.05) is 5.69 Å². The summed E-state index contributed by atoms with van der Waals surface area (Å²) in [6.07, 6.45) is -0.541. The molecule has 2 rings (SSSR count). The van der Waals surface area contributed by atoms with Gasteiger partial charge in [-0.3, -0.25) is 4.79 Å². The second-order valence-electron chi connectivity index (χ2n) is 4.77. The number of aromatic hydroxyl groups is 1. The number of aliphatic hydroxyl groups is 1. The summed E-state index contributed by atoms with van der Waals surface area (Å²) in [4.78, 5) is 12.1. The van der Waals surface area contributed by atoms with Crippen LogP contribution in [-0.4, -0.2) is 16.1 Å². The summed E-state index contributed by atoms with van der Waals surface area (Å²) in [6, 6.07) is 11.8. The minimum Gasteiger partial charge on any atom is -0.507 e. The molecule has 0 fully saturated rings. The number of nitrogens with one attached hydrogen (secondary N) is 1. The first-order chi connectivity index (χ1) is 9.47. The van der Waals surface area contributed by atoms with Crippen molar-refractivity contribution in [2.45, 2.75) is 20.0 Å². The minimum absolute atomic E-state index is 0.0475. The molecule has 3 N–H and O–H groups in total. The third-order valence-corrected chi connectivity index (χ3v) is 3.05. The zero-order valence-electron chi connectivity index (χ0n) is 11.4. The van der Waals surface area contributed by atoms with E-state index in [0.29, 0.717) is 5.69 Å². The number of hydrogen-bond donors (Lipinski definition) is 3. The number of amides is 1. The predicted molar refractivity (Wildman–Crippen MR) is 77.9 cm³/mol. The van der Waals surface area contributed by atoms with Crippen molar-refractivity contribution in [1.82, 2.24) is 0 Å². The molecule has 0 heterocycles. The normalized spacial score (nSPS) is 11.9. The quantitative estimate of drug-likeness (QED) is 0.803. The Hall–Kier alpha value is -2.33. The van der Waals surface area contributed by atoms with Gasteiger partial charge in [-0.25, -0.2) is 0 Å². The van der Waals surface area contributed by atoms with Crippen LogP contribution in [0.15, 0.2) is 42.5 Å². The lowest BCUT2D eigenvalue weighted by Crippen LogP contribution is -2.12. The summed E-state index contributed by atoms with van der Waals surface area (Å²) in [7, 11) is 0. The predicted octanol–water partition coefficient (Wildman–Crippen LogP) is 3.01. The minimum atomic E-state index is -0.541. The van der Waals surface area contributed by atoms with Crippen molar-refractivity contribution in [2.75, 3.05) is 5.32 Å². The van der Waals surface area contributed by atoms with E-state index < -0.39 is 6.10 Å². The number of aliphatic hydroxyl groups excluding tert-OH is 1. The molecule has 0 aliphatic heterocycles. The highest BCUT2D eigenvalue weighted by molar-refractivity contribution is 6.06. The van der Waals surface area contributed by atoms with Crippen LogP contribution in [0.1, 0.15) is 34.5 Å². The van der Waals surface area contributed by atoms with Gasteiger partial charge in [-0.1, -0.05) is 23.8 Å². The van der Waals surface area contributed by atoms with Gasteiger partial charge < -0.3 is 15.5 Å². The number of aryl methyl sites for hydroxylation is 1. The highest BCUT2D eigenvalue weighted by Crippen LogP contribution is 2.21. The average molecular weight is 271 g/mol. The van der Waals surface area contributed by atoms with Crippen molar-refractivity contribution in [3.63, 3.8) is 0 Å². The van der Waals surface area contributed by atoms with Crippen molar-refractivity contribution in [3.8, 4) is 5.75 Å². The maximum absolute atomic E-state index is 12.1. The second kappa shape index (κ2) is 5.75. The van der Waals surface area contributed by atoms with Crippen LogP contribution < -0.4 is 5.32 Å². The van der Waals surface area contributed by atoms with Gasteiger partial charge in [-0.2, -0.15) is 0 Å². The number of anilines is 1. The molecule has 4 nitrogen and oxygen atoms in total. The lowest BCUT2D eigenvalue weighted by atomic mass is 10.1. The number of benzene rings is 2. The van der Waals surface area contributed by atoms with Crippen LogP contribution in [0.3, 0.4) is 0 Å². The molecule has 0 spiro atoms. The molecule has 0 aliphatic carbocycles. The highest BCUT2D eigenvalue weighted by Gasteiger charge is 2.11.